The number of carbonyl (C=O) groups excluding carboxylic acids is 1. The summed E-state index contributed by atoms with van der Waals surface area (Å²) in [6.45, 7) is 7.82. The summed E-state index contributed by atoms with van der Waals surface area (Å²) in [6.07, 6.45) is -2.53. The highest BCUT2D eigenvalue weighted by Gasteiger charge is 2.31. The molecule has 1 aromatic carbocycles. The van der Waals surface area contributed by atoms with E-state index in [1.165, 1.54) is 18.2 Å². The van der Waals surface area contributed by atoms with Crippen LogP contribution in [-0.2, 0) is 13.0 Å². The summed E-state index contributed by atoms with van der Waals surface area (Å²) < 4.78 is 43.3. The predicted molar refractivity (Wildman–Crippen MR) is 89.4 cm³/mol. The monoisotopic (exact) mass is 352 g/mol. The van der Waals surface area contributed by atoms with Crippen molar-refractivity contribution in [1.29, 1.82) is 0 Å². The maximum atomic E-state index is 12.5. The minimum absolute atomic E-state index is 0.294. The molecular formula is C18H19F3N2O2. The highest BCUT2D eigenvalue weighted by atomic mass is 19.4. The Kier molecular flexibility index (Phi) is 5.25. The van der Waals surface area contributed by atoms with Gasteiger partial charge in [-0.05, 0) is 31.0 Å². The molecule has 0 aliphatic rings. The van der Waals surface area contributed by atoms with E-state index in [9.17, 15) is 18.0 Å². The lowest BCUT2D eigenvalue weighted by Crippen LogP contribution is -2.17. The van der Waals surface area contributed by atoms with Gasteiger partial charge in [-0.1, -0.05) is 25.1 Å². The molecule has 2 rings (SSSR count). The summed E-state index contributed by atoms with van der Waals surface area (Å²) in [6, 6.07) is 5.54. The normalized spacial score (nSPS) is 11.4. The second kappa shape index (κ2) is 7.04. The van der Waals surface area contributed by atoms with Crippen molar-refractivity contribution in [3.8, 4) is 16.9 Å². The van der Waals surface area contributed by atoms with E-state index in [4.69, 9.17) is 5.73 Å². The van der Waals surface area contributed by atoms with Crippen molar-refractivity contribution in [2.24, 2.45) is 5.73 Å². The van der Waals surface area contributed by atoms with Gasteiger partial charge in [0.05, 0.1) is 5.56 Å². The number of hydrogen-bond acceptors (Lipinski definition) is 2. The van der Waals surface area contributed by atoms with Crippen LogP contribution in [0, 0.1) is 6.92 Å². The lowest BCUT2D eigenvalue weighted by atomic mass is 9.98. The van der Waals surface area contributed by atoms with Crippen LogP contribution in [0.1, 0.15) is 28.7 Å². The third kappa shape index (κ3) is 3.87. The molecule has 134 valence electrons. The average molecular weight is 352 g/mol. The first-order valence-corrected chi connectivity index (χ1v) is 7.68. The molecule has 0 saturated carbocycles. The van der Waals surface area contributed by atoms with E-state index in [1.54, 1.807) is 19.1 Å². The zero-order valence-corrected chi connectivity index (χ0v) is 14.0. The van der Waals surface area contributed by atoms with Gasteiger partial charge in [-0.25, -0.2) is 0 Å². The van der Waals surface area contributed by atoms with Crippen molar-refractivity contribution in [2.45, 2.75) is 33.2 Å². The lowest BCUT2D eigenvalue weighted by molar-refractivity contribution is -0.274. The Balaban J connectivity index is 2.69. The fourth-order valence-corrected chi connectivity index (χ4v) is 3.00. The first kappa shape index (κ1) is 18.6. The smallest absolute Gasteiger partial charge is 0.406 e. The Morgan fingerprint density at radius 3 is 2.60 bits per heavy atom. The fourth-order valence-electron chi connectivity index (χ4n) is 3.00. The number of alkyl halides is 3. The number of nitrogens with zero attached hydrogens (tertiary/aromatic N) is 1. The predicted octanol–water partition coefficient (Wildman–Crippen LogP) is 4.21. The Hall–Kier alpha value is -2.70. The van der Waals surface area contributed by atoms with Gasteiger partial charge < -0.3 is 15.0 Å². The van der Waals surface area contributed by atoms with Crippen molar-refractivity contribution < 1.29 is 22.7 Å². The number of ether oxygens (including phenoxy) is 1. The Morgan fingerprint density at radius 1 is 1.40 bits per heavy atom. The van der Waals surface area contributed by atoms with E-state index in [1.807, 2.05) is 11.5 Å². The molecule has 2 aromatic rings. The highest BCUT2D eigenvalue weighted by molar-refractivity contribution is 6.02. The van der Waals surface area contributed by atoms with E-state index >= 15 is 0 Å². The molecule has 0 bridgehead atoms. The van der Waals surface area contributed by atoms with Crippen molar-refractivity contribution in [2.75, 3.05) is 0 Å². The van der Waals surface area contributed by atoms with Crippen LogP contribution in [0.5, 0.6) is 5.75 Å². The molecule has 0 unspecified atom stereocenters. The maximum Gasteiger partial charge on any atom is 0.573 e. The molecular weight excluding hydrogens is 333 g/mol. The van der Waals surface area contributed by atoms with E-state index < -0.39 is 12.3 Å². The molecule has 0 aliphatic heterocycles. The fraction of sp³-hybridized carbons (Fsp3) is 0.278. The molecule has 1 amide bonds. The number of allylic oxidation sites excluding steroid dienone is 1. The number of primary amides is 1. The number of amides is 1. The van der Waals surface area contributed by atoms with Gasteiger partial charge in [0.2, 0.25) is 0 Å². The quantitative estimate of drug-likeness (QED) is 0.792. The number of carbonyl (C=O) groups is 1. The van der Waals surface area contributed by atoms with Crippen LogP contribution < -0.4 is 10.5 Å². The average Bonchev–Trinajstić information content (AvgIpc) is 2.79. The topological polar surface area (TPSA) is 57.2 Å². The molecule has 1 aromatic heterocycles. The summed E-state index contributed by atoms with van der Waals surface area (Å²) in [5.41, 5.74) is 8.26. The van der Waals surface area contributed by atoms with Crippen molar-refractivity contribution in [3.63, 3.8) is 0 Å². The second-order valence-corrected chi connectivity index (χ2v) is 5.47. The molecule has 0 spiro atoms. The molecule has 7 heteroatoms. The Bertz CT molecular complexity index is 807. The van der Waals surface area contributed by atoms with Crippen molar-refractivity contribution >= 4 is 5.91 Å². The van der Waals surface area contributed by atoms with Crippen LogP contribution in [0.15, 0.2) is 36.9 Å². The zero-order chi connectivity index (χ0) is 18.8. The van der Waals surface area contributed by atoms with Gasteiger partial charge >= 0.3 is 6.36 Å². The SMILES string of the molecule is C=CCn1c(C)c(C(N)=O)c(-c2cccc(OC(F)(F)F)c2)c1CC. The Labute approximate surface area is 143 Å². The molecule has 0 saturated heterocycles. The number of hydrogen-bond donors (Lipinski definition) is 1. The summed E-state index contributed by atoms with van der Waals surface area (Å²) in [4.78, 5) is 12.0. The van der Waals surface area contributed by atoms with Crippen LogP contribution in [0.2, 0.25) is 0 Å². The maximum absolute atomic E-state index is 12.5. The standard InChI is InChI=1S/C18H19F3N2O2/c1-4-9-23-11(3)15(17(22)24)16(14(23)5-2)12-7-6-8-13(10-12)25-18(19,20)21/h4,6-8,10H,1,5,9H2,2-3H3,(H2,22,24). The largest absolute Gasteiger partial charge is 0.573 e. The van der Waals surface area contributed by atoms with Crippen molar-refractivity contribution in [1.82, 2.24) is 4.57 Å². The van der Waals surface area contributed by atoms with E-state index in [0.29, 0.717) is 35.3 Å². The Morgan fingerprint density at radius 2 is 2.08 bits per heavy atom. The minimum Gasteiger partial charge on any atom is -0.406 e. The number of nitrogens with two attached hydrogens (primary N) is 1. The molecule has 2 N–H and O–H groups in total. The van der Waals surface area contributed by atoms with Gasteiger partial charge in [0.1, 0.15) is 5.75 Å². The number of aromatic nitrogens is 1. The van der Waals surface area contributed by atoms with Crippen LogP contribution >= 0.6 is 0 Å². The molecule has 25 heavy (non-hydrogen) atoms. The van der Waals surface area contributed by atoms with Gasteiger partial charge in [-0.2, -0.15) is 0 Å². The summed E-state index contributed by atoms with van der Waals surface area (Å²) in [5.74, 6) is -0.983. The molecule has 0 atom stereocenters. The third-order valence-corrected chi connectivity index (χ3v) is 3.88. The molecule has 0 aliphatic carbocycles. The number of rotatable bonds is 6. The van der Waals surface area contributed by atoms with Gasteiger partial charge in [0.25, 0.3) is 5.91 Å². The highest BCUT2D eigenvalue weighted by Crippen LogP contribution is 2.35. The van der Waals surface area contributed by atoms with E-state index in [0.717, 1.165) is 5.69 Å². The van der Waals surface area contributed by atoms with Crippen molar-refractivity contribution in [3.05, 3.63) is 53.9 Å². The summed E-state index contributed by atoms with van der Waals surface area (Å²) >= 11 is 0. The molecule has 1 heterocycles. The van der Waals surface area contributed by atoms with Crippen LogP contribution in [-0.4, -0.2) is 16.8 Å². The molecule has 4 nitrogen and oxygen atoms in total. The lowest BCUT2D eigenvalue weighted by Gasteiger charge is -2.12. The second-order valence-electron chi connectivity index (χ2n) is 5.47. The van der Waals surface area contributed by atoms with Crippen LogP contribution in [0.3, 0.4) is 0 Å². The van der Waals surface area contributed by atoms with E-state index in [-0.39, 0.29) is 5.75 Å². The van der Waals surface area contributed by atoms with Crippen LogP contribution in [0.25, 0.3) is 11.1 Å². The van der Waals surface area contributed by atoms with Gasteiger partial charge in [-0.3, -0.25) is 4.79 Å². The van der Waals surface area contributed by atoms with Gasteiger partial charge in [0.15, 0.2) is 0 Å². The summed E-state index contributed by atoms with van der Waals surface area (Å²) in [5, 5.41) is 0. The number of benzene rings is 1. The third-order valence-electron chi connectivity index (χ3n) is 3.88. The molecule has 0 fully saturated rings. The first-order chi connectivity index (χ1) is 11.7. The molecule has 0 radical (unpaired) electrons. The first-order valence-electron chi connectivity index (χ1n) is 7.68. The van der Waals surface area contributed by atoms with E-state index in [2.05, 4.69) is 11.3 Å². The number of halogens is 3. The van der Waals surface area contributed by atoms with Gasteiger partial charge in [-0.15, -0.1) is 19.8 Å². The van der Waals surface area contributed by atoms with Crippen LogP contribution in [0.4, 0.5) is 13.2 Å². The zero-order valence-electron chi connectivity index (χ0n) is 14.0. The minimum atomic E-state index is -4.79. The van der Waals surface area contributed by atoms with Gasteiger partial charge in [0, 0.05) is 23.5 Å². The summed E-state index contributed by atoms with van der Waals surface area (Å²) in [7, 11) is 0.